The Morgan fingerprint density at radius 2 is 1.88 bits per heavy atom. The largest absolute Gasteiger partial charge is 0.481 e. The molecule has 2 aromatic rings. The fraction of sp³-hybridized carbons (Fsp3) is 0.394. The summed E-state index contributed by atoms with van der Waals surface area (Å²) in [5, 5.41) is 12.9. The Morgan fingerprint density at radius 1 is 1.12 bits per heavy atom. The number of unbranched alkanes of at least 4 members (excludes halogenated alkanes) is 1. The summed E-state index contributed by atoms with van der Waals surface area (Å²) >= 11 is 6.12. The number of para-hydroxylation sites is 1. The van der Waals surface area contributed by atoms with Crippen LogP contribution in [0.5, 0.6) is 0 Å². The predicted molar refractivity (Wildman–Crippen MR) is 170 cm³/mol. The van der Waals surface area contributed by atoms with Crippen LogP contribution in [0.3, 0.4) is 0 Å². The van der Waals surface area contributed by atoms with Gasteiger partial charge >= 0.3 is 5.97 Å². The van der Waals surface area contributed by atoms with Gasteiger partial charge in [-0.3, -0.25) is 19.6 Å². The molecule has 0 aromatic heterocycles. The number of carboxylic acid groups (broad SMARTS) is 1. The maximum Gasteiger partial charge on any atom is 0.303 e. The van der Waals surface area contributed by atoms with Crippen molar-refractivity contribution < 1.29 is 19.1 Å². The lowest BCUT2D eigenvalue weighted by molar-refractivity contribution is -0.137. The van der Waals surface area contributed by atoms with E-state index in [2.05, 4.69) is 5.32 Å². The maximum atomic E-state index is 13.7. The minimum Gasteiger partial charge on any atom is -0.481 e. The third kappa shape index (κ3) is 10.2. The Labute approximate surface area is 252 Å². The molecule has 1 aliphatic heterocycles. The van der Waals surface area contributed by atoms with Crippen molar-refractivity contribution in [2.45, 2.75) is 58.7 Å². The molecule has 0 aliphatic carbocycles. The van der Waals surface area contributed by atoms with Crippen molar-refractivity contribution in [3.8, 4) is 0 Å². The van der Waals surface area contributed by atoms with E-state index in [1.807, 2.05) is 68.5 Å². The van der Waals surface area contributed by atoms with E-state index < -0.39 is 12.6 Å². The topological polar surface area (TPSA) is 94.4 Å². The molecule has 1 aliphatic rings. The van der Waals surface area contributed by atoms with Crippen molar-refractivity contribution in [3.63, 3.8) is 0 Å². The Bertz CT molecular complexity index is 1320. The van der Waals surface area contributed by atoms with Crippen LogP contribution in [0.25, 0.3) is 0 Å². The number of amides is 1. The number of aliphatic imine (C=N–C) groups is 2. The van der Waals surface area contributed by atoms with E-state index in [-0.39, 0.29) is 24.9 Å². The van der Waals surface area contributed by atoms with Crippen LogP contribution < -0.4 is 5.32 Å². The molecule has 1 amide bonds. The number of alkyl halides is 1. The van der Waals surface area contributed by atoms with Gasteiger partial charge in [0.2, 0.25) is 0 Å². The van der Waals surface area contributed by atoms with Crippen LogP contribution in [0.15, 0.2) is 82.3 Å². The van der Waals surface area contributed by atoms with Gasteiger partial charge in [0.25, 0.3) is 5.91 Å². The second kappa shape index (κ2) is 17.2. The molecule has 1 heterocycles. The van der Waals surface area contributed by atoms with Crippen LogP contribution in [0.4, 0.5) is 10.1 Å². The van der Waals surface area contributed by atoms with E-state index in [0.717, 1.165) is 29.1 Å². The molecule has 224 valence electrons. The van der Waals surface area contributed by atoms with Crippen LogP contribution in [0, 0.1) is 0 Å². The molecule has 1 unspecified atom stereocenters. The van der Waals surface area contributed by atoms with Crippen molar-refractivity contribution in [2.24, 2.45) is 9.98 Å². The number of rotatable bonds is 14. The summed E-state index contributed by atoms with van der Waals surface area (Å²) in [6, 6.07) is 14.4. The summed E-state index contributed by atoms with van der Waals surface area (Å²) in [5.74, 6) is -0.917. The first-order valence-corrected chi connectivity index (χ1v) is 14.8. The number of carboxylic acids is 1. The molecule has 0 spiro atoms. The lowest BCUT2D eigenvalue weighted by atomic mass is 9.99. The smallest absolute Gasteiger partial charge is 0.303 e. The average molecular weight is 595 g/mol. The van der Waals surface area contributed by atoms with E-state index in [1.54, 1.807) is 17.0 Å². The monoisotopic (exact) mass is 594 g/mol. The second-order valence-corrected chi connectivity index (χ2v) is 10.6. The predicted octanol–water partition coefficient (Wildman–Crippen LogP) is 6.92. The first kappa shape index (κ1) is 32.7. The number of benzene rings is 2. The number of hydrogen-bond donors (Lipinski definition) is 2. The molecule has 0 radical (unpaired) electrons. The quantitative estimate of drug-likeness (QED) is 0.232. The van der Waals surface area contributed by atoms with Crippen LogP contribution >= 0.6 is 11.6 Å². The lowest BCUT2D eigenvalue weighted by Gasteiger charge is -2.24. The molecular formula is C33H40ClFN4O3. The summed E-state index contributed by atoms with van der Waals surface area (Å²) in [7, 11) is 0. The molecule has 0 saturated carbocycles. The zero-order chi connectivity index (χ0) is 30.3. The van der Waals surface area contributed by atoms with Gasteiger partial charge < -0.3 is 15.3 Å². The van der Waals surface area contributed by atoms with Crippen LogP contribution in [0.1, 0.15) is 57.1 Å². The average Bonchev–Trinajstić information content (AvgIpc) is 2.98. The number of hydrogen-bond acceptors (Lipinski definition) is 5. The third-order valence-corrected chi connectivity index (χ3v) is 7.06. The standard InChI is InChI=1S/C33H40ClFN4O3/c1-3-21-39(22-20-37-29-9-5-4-8-27(29)23-35)33(42)26-13-12-24(2)38-32(25-14-16-28(34)17-15-25)30(36-19-18-26)10-6-7-11-31(40)41/h4-5,8-9,12-18,24,37H,3,6-7,10-11,19-23H2,1-2H3,(H,40,41). The highest BCUT2D eigenvalue weighted by Crippen LogP contribution is 2.18. The molecule has 0 fully saturated rings. The highest BCUT2D eigenvalue weighted by Gasteiger charge is 2.18. The van der Waals surface area contributed by atoms with E-state index >= 15 is 0 Å². The van der Waals surface area contributed by atoms with Crippen LogP contribution in [-0.2, 0) is 16.3 Å². The Hall–Kier alpha value is -3.78. The Morgan fingerprint density at radius 3 is 2.60 bits per heavy atom. The highest BCUT2D eigenvalue weighted by atomic mass is 35.5. The molecule has 0 saturated heterocycles. The first-order chi connectivity index (χ1) is 20.3. The first-order valence-electron chi connectivity index (χ1n) is 14.5. The fourth-order valence-corrected chi connectivity index (χ4v) is 4.76. The Balaban J connectivity index is 1.81. The van der Waals surface area contributed by atoms with Crippen molar-refractivity contribution in [1.82, 2.24) is 4.90 Å². The van der Waals surface area contributed by atoms with Crippen molar-refractivity contribution in [2.75, 3.05) is 31.5 Å². The van der Waals surface area contributed by atoms with Crippen LogP contribution in [0.2, 0.25) is 5.02 Å². The van der Waals surface area contributed by atoms with Gasteiger partial charge in [-0.15, -0.1) is 0 Å². The Kier molecular flexibility index (Phi) is 13.4. The van der Waals surface area contributed by atoms with Gasteiger partial charge in [-0.25, -0.2) is 4.39 Å². The van der Waals surface area contributed by atoms with Gasteiger partial charge in [-0.05, 0) is 50.8 Å². The minimum absolute atomic E-state index is 0.0958. The molecular weight excluding hydrogens is 555 g/mol. The summed E-state index contributed by atoms with van der Waals surface area (Å²) in [6.45, 7) is 5.25. The van der Waals surface area contributed by atoms with Gasteiger partial charge in [0.05, 0.1) is 24.0 Å². The number of aliphatic carboxylic acids is 1. The second-order valence-electron chi connectivity index (χ2n) is 10.1. The minimum atomic E-state index is -0.821. The lowest BCUT2D eigenvalue weighted by Crippen LogP contribution is -2.36. The zero-order valence-electron chi connectivity index (χ0n) is 24.4. The summed E-state index contributed by atoms with van der Waals surface area (Å²) in [4.78, 5) is 36.3. The SMILES string of the molecule is CCCN(CCNc1ccccc1CF)C(=O)C1=CCN=C(CCCCC(=O)O)C(c2ccc(Cl)cc2)=NC(C)C=C1. The van der Waals surface area contributed by atoms with Gasteiger partial charge in [-0.2, -0.15) is 0 Å². The fourth-order valence-electron chi connectivity index (χ4n) is 4.64. The van der Waals surface area contributed by atoms with E-state index in [0.29, 0.717) is 55.1 Å². The molecule has 42 heavy (non-hydrogen) atoms. The summed E-state index contributed by atoms with van der Waals surface area (Å²) < 4.78 is 13.3. The molecule has 9 heteroatoms. The van der Waals surface area contributed by atoms with Gasteiger partial charge in [-0.1, -0.05) is 67.1 Å². The van der Waals surface area contributed by atoms with E-state index in [9.17, 15) is 14.0 Å². The number of nitrogens with zero attached hydrogens (tertiary/aromatic N) is 3. The zero-order valence-corrected chi connectivity index (χ0v) is 25.1. The van der Waals surface area contributed by atoms with E-state index in [4.69, 9.17) is 26.7 Å². The molecule has 7 nitrogen and oxygen atoms in total. The highest BCUT2D eigenvalue weighted by molar-refractivity contribution is 6.48. The van der Waals surface area contributed by atoms with Crippen molar-refractivity contribution in [1.29, 1.82) is 0 Å². The van der Waals surface area contributed by atoms with Crippen molar-refractivity contribution in [3.05, 3.63) is 88.5 Å². The number of carbonyl (C=O) groups is 2. The third-order valence-electron chi connectivity index (χ3n) is 6.81. The number of carbonyl (C=O) groups excluding carboxylic acids is 1. The molecule has 0 bridgehead atoms. The van der Waals surface area contributed by atoms with Gasteiger partial charge in [0.1, 0.15) is 6.67 Å². The van der Waals surface area contributed by atoms with E-state index in [1.165, 1.54) is 0 Å². The summed E-state index contributed by atoms with van der Waals surface area (Å²) in [5.41, 5.74) is 4.26. The number of anilines is 1. The maximum absolute atomic E-state index is 13.7. The summed E-state index contributed by atoms with van der Waals surface area (Å²) in [6.07, 6.45) is 8.21. The number of nitrogens with one attached hydrogen (secondary N) is 1. The molecule has 2 aromatic carbocycles. The number of halogens is 2. The molecule has 3 rings (SSSR count). The molecule has 1 atom stereocenters. The normalized spacial score (nSPS) is 15.3. The van der Waals surface area contributed by atoms with Crippen molar-refractivity contribution >= 4 is 40.6 Å². The van der Waals surface area contributed by atoms with Crippen LogP contribution in [-0.4, -0.2) is 65.5 Å². The van der Waals surface area contributed by atoms with Gasteiger partial charge in [0.15, 0.2) is 0 Å². The molecule has 2 N–H and O–H groups in total. The van der Waals surface area contributed by atoms with Gasteiger partial charge in [0, 0.05) is 53.5 Å².